The molecule has 0 aliphatic heterocycles. The number of nitrogens with one attached hydrogen (secondary N) is 2. The number of aryl methyl sites for hydroxylation is 4. The molecule has 0 aromatic carbocycles. The zero-order valence-electron chi connectivity index (χ0n) is 25.1. The monoisotopic (exact) mass is 549 g/mol. The van der Waals surface area contributed by atoms with Crippen LogP contribution in [-0.2, 0) is 25.7 Å². The highest BCUT2D eigenvalue weighted by atomic mass is 15.3. The number of nitrogens with zero attached hydrogens (tertiary/aromatic N) is 5. The van der Waals surface area contributed by atoms with Crippen LogP contribution in [0.2, 0.25) is 0 Å². The lowest BCUT2D eigenvalue weighted by Gasteiger charge is -2.17. The van der Waals surface area contributed by atoms with E-state index < -0.39 is 0 Å². The number of hydrogen-bond acceptors (Lipinski definition) is 6. The fourth-order valence-electron chi connectivity index (χ4n) is 5.16. The Balaban J connectivity index is 1.55. The molecule has 4 aromatic rings. The van der Waals surface area contributed by atoms with Gasteiger partial charge in [-0.05, 0) is 113 Å². The lowest BCUT2D eigenvalue weighted by molar-refractivity contribution is 0.537. The normalized spacial score (nSPS) is 11.8. The lowest BCUT2D eigenvalue weighted by Crippen LogP contribution is -2.23. The standard InChI is InChI=1S/C34H43N7/c1-7-29-26(12-13-28-11-9-20-38-34(28)32-18-23-39-41(32)25(4)5)16-22-36-30(29)15-14-27-10-8-19-37-33(27)31(17-21-35-6)40-24(2)3/h7-11,16-20,22-25,35,40H,1,12-15,21H2,2-6H3/b31-17-. The second-order valence-electron chi connectivity index (χ2n) is 10.8. The molecular weight excluding hydrogens is 506 g/mol. The van der Waals surface area contributed by atoms with E-state index in [4.69, 9.17) is 15.0 Å². The molecule has 0 fully saturated rings. The quantitative estimate of drug-likeness (QED) is 0.198. The maximum atomic E-state index is 4.79. The summed E-state index contributed by atoms with van der Waals surface area (Å²) in [6.07, 6.45) is 15.0. The van der Waals surface area contributed by atoms with Gasteiger partial charge in [0.05, 0.1) is 22.8 Å². The van der Waals surface area contributed by atoms with Crippen molar-refractivity contribution < 1.29 is 0 Å². The van der Waals surface area contributed by atoms with Gasteiger partial charge in [0.1, 0.15) is 0 Å². The van der Waals surface area contributed by atoms with Crippen molar-refractivity contribution in [3.05, 3.63) is 107 Å². The first kappa shape index (κ1) is 29.9. The molecule has 41 heavy (non-hydrogen) atoms. The van der Waals surface area contributed by atoms with E-state index in [2.05, 4.69) is 74.3 Å². The predicted octanol–water partition coefficient (Wildman–Crippen LogP) is 6.09. The van der Waals surface area contributed by atoms with Crippen molar-refractivity contribution in [2.45, 2.75) is 65.5 Å². The summed E-state index contributed by atoms with van der Waals surface area (Å²) in [5.74, 6) is 0. The average molecular weight is 550 g/mol. The zero-order valence-corrected chi connectivity index (χ0v) is 25.1. The third-order valence-electron chi connectivity index (χ3n) is 7.06. The second-order valence-corrected chi connectivity index (χ2v) is 10.8. The Morgan fingerprint density at radius 3 is 2.32 bits per heavy atom. The Bertz CT molecular complexity index is 1470. The first-order chi connectivity index (χ1) is 19.9. The Kier molecular flexibility index (Phi) is 10.6. The van der Waals surface area contributed by atoms with Crippen LogP contribution < -0.4 is 10.6 Å². The van der Waals surface area contributed by atoms with E-state index in [1.165, 1.54) is 16.7 Å². The zero-order chi connectivity index (χ0) is 29.2. The minimum Gasteiger partial charge on any atom is -0.381 e. The summed E-state index contributed by atoms with van der Waals surface area (Å²) >= 11 is 0. The number of likely N-dealkylation sites (N-methyl/N-ethyl adjacent to an activating group) is 1. The van der Waals surface area contributed by atoms with Crippen molar-refractivity contribution in [1.82, 2.24) is 35.4 Å². The van der Waals surface area contributed by atoms with Crippen LogP contribution in [0.3, 0.4) is 0 Å². The Hall–Kier alpha value is -4.10. The van der Waals surface area contributed by atoms with Crippen molar-refractivity contribution in [2.24, 2.45) is 0 Å². The molecule has 4 aromatic heterocycles. The van der Waals surface area contributed by atoms with Crippen molar-refractivity contribution >= 4 is 11.8 Å². The molecule has 0 radical (unpaired) electrons. The van der Waals surface area contributed by atoms with E-state index in [9.17, 15) is 0 Å². The summed E-state index contributed by atoms with van der Waals surface area (Å²) in [4.78, 5) is 14.3. The van der Waals surface area contributed by atoms with Crippen molar-refractivity contribution in [3.63, 3.8) is 0 Å². The molecule has 4 heterocycles. The summed E-state index contributed by atoms with van der Waals surface area (Å²) in [5, 5.41) is 11.3. The topological polar surface area (TPSA) is 80.5 Å². The summed E-state index contributed by atoms with van der Waals surface area (Å²) < 4.78 is 2.04. The first-order valence-electron chi connectivity index (χ1n) is 14.5. The van der Waals surface area contributed by atoms with Crippen LogP contribution in [0.25, 0.3) is 23.2 Å². The molecule has 0 bridgehead atoms. The van der Waals surface area contributed by atoms with E-state index in [-0.39, 0.29) is 6.04 Å². The molecule has 214 valence electrons. The summed E-state index contributed by atoms with van der Waals surface area (Å²) in [5.41, 5.74) is 9.95. The number of aromatic nitrogens is 5. The number of hydrogen-bond donors (Lipinski definition) is 2. The Labute approximate surface area is 244 Å². The van der Waals surface area contributed by atoms with Gasteiger partial charge in [0.15, 0.2) is 0 Å². The molecule has 0 spiro atoms. The van der Waals surface area contributed by atoms with E-state index in [0.29, 0.717) is 6.04 Å². The van der Waals surface area contributed by atoms with Gasteiger partial charge < -0.3 is 10.6 Å². The SMILES string of the molecule is C=Cc1c(CCc2cccnc2-c2ccnn2C(C)C)ccnc1CCc1cccnc1/C(=C/CNC)NC(C)C. The molecule has 2 N–H and O–H groups in total. The van der Waals surface area contributed by atoms with Crippen molar-refractivity contribution in [1.29, 1.82) is 0 Å². The molecule has 4 rings (SSSR count). The third-order valence-corrected chi connectivity index (χ3v) is 7.06. The van der Waals surface area contributed by atoms with Gasteiger partial charge >= 0.3 is 0 Å². The number of rotatable bonds is 14. The highest BCUT2D eigenvalue weighted by Gasteiger charge is 2.16. The highest BCUT2D eigenvalue weighted by Crippen LogP contribution is 2.26. The van der Waals surface area contributed by atoms with Crippen LogP contribution in [0.1, 0.15) is 67.4 Å². The lowest BCUT2D eigenvalue weighted by atomic mass is 9.95. The van der Waals surface area contributed by atoms with Crippen molar-refractivity contribution in [2.75, 3.05) is 13.6 Å². The van der Waals surface area contributed by atoms with Crippen molar-refractivity contribution in [3.8, 4) is 11.4 Å². The van der Waals surface area contributed by atoms with E-state index >= 15 is 0 Å². The number of pyridine rings is 3. The van der Waals surface area contributed by atoms with Crippen LogP contribution in [0, 0.1) is 0 Å². The summed E-state index contributed by atoms with van der Waals surface area (Å²) in [6, 6.07) is 13.1. The molecule has 0 saturated carbocycles. The molecule has 0 unspecified atom stereocenters. The molecule has 7 heteroatoms. The van der Waals surface area contributed by atoms with Gasteiger partial charge in [-0.3, -0.25) is 19.6 Å². The summed E-state index contributed by atoms with van der Waals surface area (Å²) in [6.45, 7) is 13.5. The van der Waals surface area contributed by atoms with Gasteiger partial charge in [-0.25, -0.2) is 0 Å². The van der Waals surface area contributed by atoms with Gasteiger partial charge in [-0.15, -0.1) is 0 Å². The Morgan fingerprint density at radius 1 is 0.854 bits per heavy atom. The first-order valence-corrected chi connectivity index (χ1v) is 14.5. The Morgan fingerprint density at radius 2 is 1.59 bits per heavy atom. The van der Waals surface area contributed by atoms with Crippen LogP contribution in [0.15, 0.2) is 73.8 Å². The largest absolute Gasteiger partial charge is 0.381 e. The maximum Gasteiger partial charge on any atom is 0.0915 e. The van der Waals surface area contributed by atoms with Gasteiger partial charge in [-0.1, -0.05) is 24.8 Å². The molecule has 0 aliphatic carbocycles. The molecule has 0 aliphatic rings. The van der Waals surface area contributed by atoms with Crippen LogP contribution in [-0.4, -0.2) is 44.4 Å². The van der Waals surface area contributed by atoms with Gasteiger partial charge in [0, 0.05) is 49.1 Å². The van der Waals surface area contributed by atoms with E-state index in [0.717, 1.165) is 66.3 Å². The van der Waals surface area contributed by atoms with Gasteiger partial charge in [-0.2, -0.15) is 5.10 Å². The second kappa shape index (κ2) is 14.5. The van der Waals surface area contributed by atoms with Gasteiger partial charge in [0.25, 0.3) is 0 Å². The summed E-state index contributed by atoms with van der Waals surface area (Å²) in [7, 11) is 1.95. The minimum atomic E-state index is 0.265. The van der Waals surface area contributed by atoms with Crippen LogP contribution >= 0.6 is 0 Å². The molecule has 7 nitrogen and oxygen atoms in total. The van der Waals surface area contributed by atoms with Gasteiger partial charge in [0.2, 0.25) is 0 Å². The molecule has 0 saturated heterocycles. The minimum absolute atomic E-state index is 0.265. The van der Waals surface area contributed by atoms with E-state index in [1.807, 2.05) is 60.8 Å². The molecule has 0 atom stereocenters. The fraction of sp³-hybridized carbons (Fsp3) is 0.353. The van der Waals surface area contributed by atoms with Crippen LogP contribution in [0.5, 0.6) is 0 Å². The molecular formula is C34H43N7. The average Bonchev–Trinajstić information content (AvgIpc) is 3.47. The predicted molar refractivity (Wildman–Crippen MR) is 169 cm³/mol. The maximum absolute atomic E-state index is 4.79. The third kappa shape index (κ3) is 7.55. The van der Waals surface area contributed by atoms with E-state index in [1.54, 1.807) is 0 Å². The fourth-order valence-corrected chi connectivity index (χ4v) is 5.16. The smallest absolute Gasteiger partial charge is 0.0915 e. The highest BCUT2D eigenvalue weighted by molar-refractivity contribution is 5.64. The van der Waals surface area contributed by atoms with Crippen LogP contribution in [0.4, 0.5) is 0 Å². The molecule has 0 amide bonds.